The second-order valence-corrected chi connectivity index (χ2v) is 6.14. The van der Waals surface area contributed by atoms with Gasteiger partial charge < -0.3 is 4.74 Å². The monoisotopic (exact) mass is 296 g/mol. The van der Waals surface area contributed by atoms with E-state index in [0.29, 0.717) is 30.2 Å². The SMILES string of the molecule is COCc1nnc(NC(=O)CN2CC=C[C@H]2C(C)C)s1. The van der Waals surface area contributed by atoms with E-state index in [4.69, 9.17) is 4.74 Å². The Bertz CT molecular complexity index is 486. The first kappa shape index (κ1) is 15.1. The van der Waals surface area contributed by atoms with Crippen LogP contribution in [-0.4, -0.2) is 47.2 Å². The minimum Gasteiger partial charge on any atom is -0.377 e. The molecule has 0 aromatic carbocycles. The Kier molecular flexibility index (Phi) is 5.22. The summed E-state index contributed by atoms with van der Waals surface area (Å²) in [5.41, 5.74) is 0. The van der Waals surface area contributed by atoms with Crippen LogP contribution in [0.4, 0.5) is 5.13 Å². The molecule has 1 aliphatic heterocycles. The zero-order valence-corrected chi connectivity index (χ0v) is 12.8. The number of carbonyl (C=O) groups is 1. The second kappa shape index (κ2) is 6.92. The van der Waals surface area contributed by atoms with Crippen molar-refractivity contribution in [2.45, 2.75) is 26.5 Å². The molecule has 0 unspecified atom stereocenters. The van der Waals surface area contributed by atoms with Crippen LogP contribution in [0.1, 0.15) is 18.9 Å². The van der Waals surface area contributed by atoms with E-state index >= 15 is 0 Å². The van der Waals surface area contributed by atoms with E-state index in [9.17, 15) is 4.79 Å². The number of hydrogen-bond donors (Lipinski definition) is 1. The van der Waals surface area contributed by atoms with Gasteiger partial charge >= 0.3 is 0 Å². The van der Waals surface area contributed by atoms with Gasteiger partial charge in [0.05, 0.1) is 6.54 Å². The summed E-state index contributed by atoms with van der Waals surface area (Å²) in [6.07, 6.45) is 4.28. The van der Waals surface area contributed by atoms with Crippen molar-refractivity contribution in [2.75, 3.05) is 25.5 Å². The van der Waals surface area contributed by atoms with Crippen molar-refractivity contribution in [1.29, 1.82) is 0 Å². The van der Waals surface area contributed by atoms with Crippen molar-refractivity contribution >= 4 is 22.4 Å². The van der Waals surface area contributed by atoms with Gasteiger partial charge in [-0.3, -0.25) is 15.0 Å². The lowest BCUT2D eigenvalue weighted by Gasteiger charge is -2.26. The number of ether oxygens (including phenoxy) is 1. The summed E-state index contributed by atoms with van der Waals surface area (Å²) in [7, 11) is 1.60. The van der Waals surface area contributed by atoms with Crippen LogP contribution in [0.25, 0.3) is 0 Å². The molecular formula is C13H20N4O2S. The Hall–Kier alpha value is -1.31. The maximum Gasteiger partial charge on any atom is 0.240 e. The molecule has 0 saturated heterocycles. The summed E-state index contributed by atoms with van der Waals surface area (Å²) in [5, 5.41) is 11.9. The van der Waals surface area contributed by atoms with Crippen LogP contribution in [0.15, 0.2) is 12.2 Å². The number of amides is 1. The van der Waals surface area contributed by atoms with Gasteiger partial charge in [0.15, 0.2) is 0 Å². The van der Waals surface area contributed by atoms with Gasteiger partial charge in [-0.05, 0) is 5.92 Å². The third-order valence-electron chi connectivity index (χ3n) is 3.11. The van der Waals surface area contributed by atoms with Gasteiger partial charge in [0, 0.05) is 19.7 Å². The molecule has 1 atom stereocenters. The molecule has 2 rings (SSSR count). The third kappa shape index (κ3) is 3.84. The number of nitrogens with zero attached hydrogens (tertiary/aromatic N) is 3. The molecule has 0 fully saturated rings. The fourth-order valence-corrected chi connectivity index (χ4v) is 2.95. The Morgan fingerprint density at radius 1 is 1.60 bits per heavy atom. The van der Waals surface area contributed by atoms with Crippen molar-refractivity contribution < 1.29 is 9.53 Å². The minimum absolute atomic E-state index is 0.0560. The number of aromatic nitrogens is 2. The van der Waals surface area contributed by atoms with Gasteiger partial charge in [0.2, 0.25) is 11.0 Å². The predicted octanol–water partition coefficient (Wildman–Crippen LogP) is 1.52. The Labute approximate surface area is 122 Å². The fraction of sp³-hybridized carbons (Fsp3) is 0.615. The predicted molar refractivity (Wildman–Crippen MR) is 78.6 cm³/mol. The molecule has 0 aliphatic carbocycles. The smallest absolute Gasteiger partial charge is 0.240 e. The van der Waals surface area contributed by atoms with Crippen LogP contribution >= 0.6 is 11.3 Å². The molecule has 0 saturated carbocycles. The Morgan fingerprint density at radius 2 is 2.40 bits per heavy atom. The van der Waals surface area contributed by atoms with Crippen LogP contribution in [0.2, 0.25) is 0 Å². The van der Waals surface area contributed by atoms with E-state index in [1.165, 1.54) is 11.3 Å². The first-order valence-electron chi connectivity index (χ1n) is 6.62. The largest absolute Gasteiger partial charge is 0.377 e. The van der Waals surface area contributed by atoms with Crippen molar-refractivity contribution in [3.05, 3.63) is 17.2 Å². The molecule has 0 radical (unpaired) electrons. The number of hydrogen-bond acceptors (Lipinski definition) is 6. The maximum absolute atomic E-state index is 12.0. The highest BCUT2D eigenvalue weighted by atomic mass is 32.1. The maximum atomic E-state index is 12.0. The van der Waals surface area contributed by atoms with Gasteiger partial charge in [-0.25, -0.2) is 0 Å². The summed E-state index contributed by atoms with van der Waals surface area (Å²) in [5.74, 6) is 0.441. The van der Waals surface area contributed by atoms with Crippen LogP contribution in [0, 0.1) is 5.92 Å². The quantitative estimate of drug-likeness (QED) is 0.806. The number of rotatable bonds is 6. The lowest BCUT2D eigenvalue weighted by atomic mass is 10.0. The van der Waals surface area contributed by atoms with Crippen molar-refractivity contribution in [3.8, 4) is 0 Å². The molecule has 1 amide bonds. The highest BCUT2D eigenvalue weighted by Crippen LogP contribution is 2.19. The zero-order valence-electron chi connectivity index (χ0n) is 12.0. The molecule has 1 aliphatic rings. The summed E-state index contributed by atoms with van der Waals surface area (Å²) >= 11 is 1.34. The second-order valence-electron chi connectivity index (χ2n) is 5.07. The van der Waals surface area contributed by atoms with Crippen LogP contribution < -0.4 is 5.32 Å². The fourth-order valence-electron chi connectivity index (χ4n) is 2.22. The van der Waals surface area contributed by atoms with E-state index in [-0.39, 0.29) is 5.91 Å². The number of anilines is 1. The van der Waals surface area contributed by atoms with Crippen molar-refractivity contribution in [2.24, 2.45) is 5.92 Å². The third-order valence-corrected chi connectivity index (χ3v) is 3.92. The number of carbonyl (C=O) groups excluding carboxylic acids is 1. The first-order chi connectivity index (χ1) is 9.60. The molecule has 1 aromatic heterocycles. The molecule has 110 valence electrons. The highest BCUT2D eigenvalue weighted by molar-refractivity contribution is 7.15. The summed E-state index contributed by atoms with van der Waals surface area (Å²) in [6, 6.07) is 0.333. The number of methoxy groups -OCH3 is 1. The molecule has 7 heteroatoms. The molecule has 20 heavy (non-hydrogen) atoms. The Morgan fingerprint density at radius 3 is 3.10 bits per heavy atom. The van der Waals surface area contributed by atoms with Gasteiger partial charge in [-0.1, -0.05) is 37.3 Å². The summed E-state index contributed by atoms with van der Waals surface area (Å²) in [4.78, 5) is 14.2. The highest BCUT2D eigenvalue weighted by Gasteiger charge is 2.24. The van der Waals surface area contributed by atoms with Crippen LogP contribution in [-0.2, 0) is 16.1 Å². The van der Waals surface area contributed by atoms with E-state index in [0.717, 1.165) is 11.6 Å². The minimum atomic E-state index is -0.0560. The molecule has 1 N–H and O–H groups in total. The molecule has 0 spiro atoms. The van der Waals surface area contributed by atoms with Crippen LogP contribution in [0.3, 0.4) is 0 Å². The lowest BCUT2D eigenvalue weighted by molar-refractivity contribution is -0.117. The topological polar surface area (TPSA) is 67.4 Å². The zero-order chi connectivity index (χ0) is 14.5. The van der Waals surface area contributed by atoms with Gasteiger partial charge in [0.25, 0.3) is 0 Å². The van der Waals surface area contributed by atoms with E-state index < -0.39 is 0 Å². The average molecular weight is 296 g/mol. The molecular weight excluding hydrogens is 276 g/mol. The van der Waals surface area contributed by atoms with E-state index in [1.54, 1.807) is 7.11 Å². The summed E-state index contributed by atoms with van der Waals surface area (Å²) < 4.78 is 4.97. The summed E-state index contributed by atoms with van der Waals surface area (Å²) in [6.45, 7) is 5.93. The Balaban J connectivity index is 1.85. The van der Waals surface area contributed by atoms with Gasteiger partial charge in [-0.2, -0.15) is 0 Å². The van der Waals surface area contributed by atoms with E-state index in [1.807, 2.05) is 0 Å². The van der Waals surface area contributed by atoms with E-state index in [2.05, 4.69) is 46.4 Å². The molecule has 0 bridgehead atoms. The van der Waals surface area contributed by atoms with Gasteiger partial charge in [0.1, 0.15) is 11.6 Å². The van der Waals surface area contributed by atoms with Crippen molar-refractivity contribution in [1.82, 2.24) is 15.1 Å². The average Bonchev–Trinajstić information content (AvgIpc) is 2.99. The lowest BCUT2D eigenvalue weighted by Crippen LogP contribution is -2.39. The van der Waals surface area contributed by atoms with Crippen LogP contribution in [0.5, 0.6) is 0 Å². The van der Waals surface area contributed by atoms with Gasteiger partial charge in [-0.15, -0.1) is 10.2 Å². The normalized spacial score (nSPS) is 18.9. The molecule has 2 heterocycles. The molecule has 1 aromatic rings. The first-order valence-corrected chi connectivity index (χ1v) is 7.43. The standard InChI is InChI=1S/C13H20N4O2S/c1-9(2)10-5-4-6-17(10)7-11(18)14-13-16-15-12(20-13)8-19-3/h4-5,9-10H,6-8H2,1-3H3,(H,14,16,18)/t10-/m0/s1. The van der Waals surface area contributed by atoms with Crippen molar-refractivity contribution in [3.63, 3.8) is 0 Å². The number of nitrogens with one attached hydrogen (secondary N) is 1. The molecule has 6 nitrogen and oxygen atoms in total.